The minimum atomic E-state index is -0.379. The average molecular weight is 352 g/mol. The molecule has 132 valence electrons. The van der Waals surface area contributed by atoms with Crippen LogP contribution in [0.25, 0.3) is 0 Å². The number of hydrogen-bond acceptors (Lipinski definition) is 2. The number of nitrogens with zero attached hydrogens (tertiary/aromatic N) is 1. The van der Waals surface area contributed by atoms with Crippen molar-refractivity contribution in [2.75, 3.05) is 27.7 Å². The van der Waals surface area contributed by atoms with Gasteiger partial charge in [-0.1, -0.05) is 54.6 Å². The van der Waals surface area contributed by atoms with E-state index in [1.807, 2.05) is 54.6 Å². The van der Waals surface area contributed by atoms with E-state index < -0.39 is 0 Å². The fourth-order valence-corrected chi connectivity index (χ4v) is 2.52. The first-order valence-electron chi connectivity index (χ1n) is 7.52. The van der Waals surface area contributed by atoms with Crippen molar-refractivity contribution in [3.05, 3.63) is 71.3 Å². The van der Waals surface area contributed by atoms with Gasteiger partial charge in [0.2, 0.25) is 0 Å². The van der Waals surface area contributed by atoms with E-state index >= 15 is 0 Å². The van der Waals surface area contributed by atoms with Gasteiger partial charge in [-0.25, -0.2) is 0 Å². The molecule has 5 heteroatoms. The molecule has 4 nitrogen and oxygen atoms in total. The van der Waals surface area contributed by atoms with Crippen LogP contribution < -0.4 is 12.4 Å². The summed E-state index contributed by atoms with van der Waals surface area (Å²) in [5.74, 6) is 0.0269. The van der Waals surface area contributed by atoms with Crippen LogP contribution in [-0.4, -0.2) is 54.6 Å². The van der Waals surface area contributed by atoms with Crippen LogP contribution in [0.2, 0.25) is 0 Å². The highest BCUT2D eigenvalue weighted by Crippen LogP contribution is 2.13. The SMILES string of the molecule is C[N+](C)(C)CC(O)Cc1ccc(C(=O)c2ccccc2)cc1.O.[Cl-]. The van der Waals surface area contributed by atoms with Crippen molar-refractivity contribution in [1.29, 1.82) is 0 Å². The van der Waals surface area contributed by atoms with Crippen molar-refractivity contribution in [2.24, 2.45) is 0 Å². The van der Waals surface area contributed by atoms with Crippen LogP contribution in [-0.2, 0) is 6.42 Å². The molecule has 0 spiro atoms. The topological polar surface area (TPSA) is 68.8 Å². The van der Waals surface area contributed by atoms with Crippen molar-refractivity contribution in [1.82, 2.24) is 0 Å². The van der Waals surface area contributed by atoms with Crippen LogP contribution in [0.15, 0.2) is 54.6 Å². The maximum Gasteiger partial charge on any atom is 0.193 e. The lowest BCUT2D eigenvalue weighted by atomic mass is 10.00. The molecule has 0 amide bonds. The Kier molecular flexibility index (Phi) is 8.86. The number of hydrogen-bond donors (Lipinski definition) is 1. The van der Waals surface area contributed by atoms with Crippen LogP contribution >= 0.6 is 0 Å². The lowest BCUT2D eigenvalue weighted by Crippen LogP contribution is -3.00. The third-order valence-electron chi connectivity index (χ3n) is 3.48. The lowest BCUT2D eigenvalue weighted by molar-refractivity contribution is -0.873. The summed E-state index contributed by atoms with van der Waals surface area (Å²) >= 11 is 0. The van der Waals surface area contributed by atoms with Gasteiger partial charge in [0, 0.05) is 17.5 Å². The third kappa shape index (κ3) is 6.81. The van der Waals surface area contributed by atoms with Crippen LogP contribution in [0.5, 0.6) is 0 Å². The molecule has 1 atom stereocenters. The monoisotopic (exact) mass is 351 g/mol. The van der Waals surface area contributed by atoms with Crippen LogP contribution in [0, 0.1) is 0 Å². The summed E-state index contributed by atoms with van der Waals surface area (Å²) in [5, 5.41) is 10.1. The summed E-state index contributed by atoms with van der Waals surface area (Å²) in [5.41, 5.74) is 2.42. The van der Waals surface area contributed by atoms with Gasteiger partial charge in [-0.3, -0.25) is 4.79 Å². The fourth-order valence-electron chi connectivity index (χ4n) is 2.52. The normalized spacial score (nSPS) is 11.8. The number of halogens is 1. The van der Waals surface area contributed by atoms with Crippen molar-refractivity contribution >= 4 is 5.78 Å². The summed E-state index contributed by atoms with van der Waals surface area (Å²) in [6.07, 6.45) is 0.227. The molecule has 2 rings (SSSR count). The summed E-state index contributed by atoms with van der Waals surface area (Å²) in [6.45, 7) is 0.699. The standard InChI is InChI=1S/C19H24NO2.ClH.H2O/c1-20(2,3)14-18(21)13-15-9-11-17(12-10-15)19(22)16-7-5-4-6-8-16;;/h4-12,18,21H,13-14H2,1-3H3;1H;1H2/q+1;;/p-1. The number of rotatable bonds is 6. The molecule has 0 radical (unpaired) electrons. The van der Waals surface area contributed by atoms with E-state index in [0.29, 0.717) is 24.1 Å². The molecule has 3 N–H and O–H groups in total. The van der Waals surface area contributed by atoms with E-state index in [0.717, 1.165) is 10.0 Å². The molecule has 1 unspecified atom stereocenters. The molecule has 2 aromatic rings. The highest BCUT2D eigenvalue weighted by atomic mass is 35.5. The van der Waals surface area contributed by atoms with Gasteiger partial charge in [-0.15, -0.1) is 0 Å². The zero-order chi connectivity index (χ0) is 16.2. The Labute approximate surface area is 150 Å². The summed E-state index contributed by atoms with van der Waals surface area (Å²) < 4.78 is 0.728. The second kappa shape index (κ2) is 9.55. The van der Waals surface area contributed by atoms with Gasteiger partial charge < -0.3 is 27.5 Å². The molecule has 0 saturated carbocycles. The Morgan fingerprint density at radius 3 is 1.96 bits per heavy atom. The van der Waals surface area contributed by atoms with E-state index in [1.54, 1.807) is 0 Å². The molecule has 2 aromatic carbocycles. The van der Waals surface area contributed by atoms with Gasteiger partial charge in [-0.05, 0) is 5.56 Å². The fraction of sp³-hybridized carbons (Fsp3) is 0.316. The van der Waals surface area contributed by atoms with Crippen molar-refractivity contribution in [3.8, 4) is 0 Å². The summed E-state index contributed by atoms with van der Waals surface area (Å²) in [7, 11) is 6.18. The minimum absolute atomic E-state index is 0. The van der Waals surface area contributed by atoms with Crippen LogP contribution in [0.1, 0.15) is 21.5 Å². The maximum atomic E-state index is 12.3. The number of likely N-dealkylation sites (N-methyl/N-ethyl adjacent to an activating group) is 1. The molecular formula is C19H26ClNO3. The average Bonchev–Trinajstić information content (AvgIpc) is 2.46. The summed E-state index contributed by atoms with van der Waals surface area (Å²) in [4.78, 5) is 12.3. The predicted molar refractivity (Wildman–Crippen MR) is 92.5 cm³/mol. The minimum Gasteiger partial charge on any atom is -1.00 e. The van der Waals surface area contributed by atoms with Gasteiger partial charge in [0.1, 0.15) is 12.6 Å². The molecule has 0 aliphatic carbocycles. The van der Waals surface area contributed by atoms with Crippen molar-refractivity contribution in [2.45, 2.75) is 12.5 Å². The zero-order valence-electron chi connectivity index (χ0n) is 14.4. The molecule has 0 aliphatic heterocycles. The number of carbonyl (C=O) groups is 1. The summed E-state index contributed by atoms with van der Waals surface area (Å²) in [6, 6.07) is 16.8. The number of quaternary nitrogens is 1. The molecule has 0 aliphatic rings. The van der Waals surface area contributed by atoms with E-state index in [-0.39, 0.29) is 29.8 Å². The number of aliphatic hydroxyl groups excluding tert-OH is 1. The molecule has 0 saturated heterocycles. The molecule has 0 fully saturated rings. The first kappa shape index (κ1) is 22.3. The number of benzene rings is 2. The smallest absolute Gasteiger partial charge is 0.193 e. The lowest BCUT2D eigenvalue weighted by Gasteiger charge is -2.26. The Hall–Kier alpha value is -1.72. The first-order valence-corrected chi connectivity index (χ1v) is 7.52. The highest BCUT2D eigenvalue weighted by Gasteiger charge is 2.16. The second-order valence-corrected chi connectivity index (χ2v) is 6.72. The first-order chi connectivity index (χ1) is 10.3. The third-order valence-corrected chi connectivity index (χ3v) is 3.48. The van der Waals surface area contributed by atoms with E-state index in [1.165, 1.54) is 0 Å². The Morgan fingerprint density at radius 1 is 0.958 bits per heavy atom. The quantitative estimate of drug-likeness (QED) is 0.519. The molecular weight excluding hydrogens is 326 g/mol. The van der Waals surface area contributed by atoms with Crippen molar-refractivity contribution in [3.63, 3.8) is 0 Å². The van der Waals surface area contributed by atoms with Gasteiger partial charge in [0.05, 0.1) is 21.1 Å². The second-order valence-electron chi connectivity index (χ2n) is 6.72. The van der Waals surface area contributed by atoms with Gasteiger partial charge >= 0.3 is 0 Å². The molecule has 0 aromatic heterocycles. The zero-order valence-corrected chi connectivity index (χ0v) is 15.1. The maximum absolute atomic E-state index is 12.3. The van der Waals surface area contributed by atoms with Gasteiger partial charge in [-0.2, -0.15) is 0 Å². The predicted octanol–water partition coefficient (Wildman–Crippen LogP) is -1.29. The molecule has 0 heterocycles. The molecule has 24 heavy (non-hydrogen) atoms. The Balaban J connectivity index is 0.00000264. The largest absolute Gasteiger partial charge is 1.00 e. The highest BCUT2D eigenvalue weighted by molar-refractivity contribution is 6.08. The van der Waals surface area contributed by atoms with E-state index in [4.69, 9.17) is 0 Å². The van der Waals surface area contributed by atoms with E-state index in [2.05, 4.69) is 21.1 Å². The number of aliphatic hydroxyl groups is 1. The molecule has 0 bridgehead atoms. The van der Waals surface area contributed by atoms with Crippen LogP contribution in [0.4, 0.5) is 0 Å². The van der Waals surface area contributed by atoms with Gasteiger partial charge in [0.15, 0.2) is 5.78 Å². The van der Waals surface area contributed by atoms with Crippen LogP contribution in [0.3, 0.4) is 0 Å². The Bertz CT molecular complexity index is 621. The Morgan fingerprint density at radius 2 is 1.46 bits per heavy atom. The van der Waals surface area contributed by atoms with E-state index in [9.17, 15) is 9.90 Å². The van der Waals surface area contributed by atoms with Gasteiger partial charge in [0.25, 0.3) is 0 Å². The number of carbonyl (C=O) groups excluding carboxylic acids is 1. The van der Waals surface area contributed by atoms with Crippen molar-refractivity contribution < 1.29 is 32.3 Å². The number of ketones is 1.